The molecule has 3 aliphatic carbocycles. The highest BCUT2D eigenvalue weighted by atomic mass is 19.1. The van der Waals surface area contributed by atoms with Gasteiger partial charge in [0.1, 0.15) is 22.9 Å². The summed E-state index contributed by atoms with van der Waals surface area (Å²) < 4.78 is 15.5. The molecule has 0 aromatic heterocycles. The number of benzene rings is 2. The summed E-state index contributed by atoms with van der Waals surface area (Å²) in [4.78, 5) is 54.4. The Balaban J connectivity index is 1.39. The van der Waals surface area contributed by atoms with Crippen molar-refractivity contribution < 1.29 is 44.0 Å². The molecule has 8 N–H and O–H groups in total. The van der Waals surface area contributed by atoms with E-state index in [-0.39, 0.29) is 37.2 Å². The monoisotopic (exact) mass is 620 g/mol. The van der Waals surface area contributed by atoms with Gasteiger partial charge in [-0.05, 0) is 50.3 Å². The van der Waals surface area contributed by atoms with Gasteiger partial charge in [-0.15, -0.1) is 0 Å². The van der Waals surface area contributed by atoms with Crippen LogP contribution in [0, 0.1) is 17.7 Å². The third-order valence-electron chi connectivity index (χ3n) is 9.35. The fourth-order valence-corrected chi connectivity index (χ4v) is 7.19. The number of phenolic OH excluding ortho intramolecular Hbond substituents is 1. The van der Waals surface area contributed by atoms with Crippen LogP contribution in [0.5, 0.6) is 5.75 Å². The zero-order valence-corrected chi connectivity index (χ0v) is 24.2. The molecule has 1 aliphatic heterocycles. The molecule has 1 saturated carbocycles. The van der Waals surface area contributed by atoms with Gasteiger partial charge in [0.15, 0.2) is 17.1 Å². The first kappa shape index (κ1) is 30.4. The minimum Gasteiger partial charge on any atom is -0.508 e. The van der Waals surface area contributed by atoms with Crippen LogP contribution in [0.25, 0.3) is 5.76 Å². The molecule has 6 rings (SSSR count). The maximum Gasteiger partial charge on any atom is 0.255 e. The number of aliphatic hydroxyl groups excluding tert-OH is 2. The first-order valence-corrected chi connectivity index (χ1v) is 14.8. The van der Waals surface area contributed by atoms with Crippen LogP contribution in [0.15, 0.2) is 53.3 Å². The van der Waals surface area contributed by atoms with Gasteiger partial charge in [0, 0.05) is 29.7 Å². The Morgan fingerprint density at radius 1 is 1.09 bits per heavy atom. The van der Waals surface area contributed by atoms with E-state index in [1.807, 2.05) is 4.90 Å². The first-order chi connectivity index (χ1) is 21.4. The molecule has 4 aliphatic rings. The third kappa shape index (κ3) is 4.96. The molecule has 2 aromatic carbocycles. The Bertz CT molecular complexity index is 1680. The number of fused-ring (bicyclic) bond motifs is 3. The number of ketones is 2. The predicted octanol–water partition coefficient (Wildman–Crippen LogP) is 1.37. The van der Waals surface area contributed by atoms with Crippen molar-refractivity contribution in [2.45, 2.75) is 43.9 Å². The number of hydrogen-bond donors (Lipinski definition) is 7. The lowest BCUT2D eigenvalue weighted by molar-refractivity contribution is -0.150. The van der Waals surface area contributed by atoms with E-state index in [1.165, 1.54) is 0 Å². The van der Waals surface area contributed by atoms with Crippen LogP contribution in [0.1, 0.15) is 36.0 Å². The Morgan fingerprint density at radius 2 is 1.78 bits per heavy atom. The van der Waals surface area contributed by atoms with Crippen molar-refractivity contribution in [2.24, 2.45) is 17.6 Å². The number of amides is 2. The maximum atomic E-state index is 15.5. The van der Waals surface area contributed by atoms with E-state index in [4.69, 9.17) is 5.73 Å². The molecule has 2 fully saturated rings. The average molecular weight is 621 g/mol. The molecule has 2 amide bonds. The van der Waals surface area contributed by atoms with Gasteiger partial charge in [-0.25, -0.2) is 4.39 Å². The van der Waals surface area contributed by atoms with Crippen LogP contribution >= 0.6 is 0 Å². The van der Waals surface area contributed by atoms with E-state index in [2.05, 4.69) is 10.6 Å². The Morgan fingerprint density at radius 3 is 2.44 bits per heavy atom. The van der Waals surface area contributed by atoms with E-state index in [9.17, 15) is 39.6 Å². The molecule has 13 heteroatoms. The van der Waals surface area contributed by atoms with Gasteiger partial charge >= 0.3 is 0 Å². The molecular formula is C32H33FN4O8. The van der Waals surface area contributed by atoms with Crippen molar-refractivity contribution in [3.8, 4) is 5.75 Å². The van der Waals surface area contributed by atoms with E-state index in [0.29, 0.717) is 0 Å². The molecule has 1 heterocycles. The normalized spacial score (nSPS) is 26.4. The molecule has 45 heavy (non-hydrogen) atoms. The number of aliphatic hydroxyl groups is 3. The summed E-state index contributed by atoms with van der Waals surface area (Å²) in [5.74, 6) is -9.85. The number of carbonyl (C=O) groups is 4. The number of likely N-dealkylation sites (tertiary alicyclic amines) is 1. The molecule has 0 spiro atoms. The largest absolute Gasteiger partial charge is 0.508 e. The number of anilines is 1. The first-order valence-electron chi connectivity index (χ1n) is 14.8. The van der Waals surface area contributed by atoms with Gasteiger partial charge in [-0.2, -0.15) is 0 Å². The minimum atomic E-state index is -2.85. The number of carbonyl (C=O) groups excluding carboxylic acids is 4. The number of rotatable bonds is 7. The summed E-state index contributed by atoms with van der Waals surface area (Å²) in [6.07, 6.45) is 1.49. The van der Waals surface area contributed by atoms with Crippen LogP contribution < -0.4 is 16.4 Å². The van der Waals surface area contributed by atoms with Gasteiger partial charge in [-0.1, -0.05) is 30.3 Å². The zero-order valence-electron chi connectivity index (χ0n) is 24.2. The summed E-state index contributed by atoms with van der Waals surface area (Å²) in [6.45, 7) is 1.57. The third-order valence-corrected chi connectivity index (χ3v) is 9.35. The standard InChI is InChI=1S/C32H33FN4O8/c33-19-12-20(36-21(38)14-37-8-4-5-9-37)26(39)23-17(19)10-16-11-18-25(35-13-15-6-2-1-3-7-15)28(41)24(31(34)44)30(43)32(18,45)29(42)22(16)27(23)40/h1-3,6-7,12,16,18,25,35,39-40,43,45H,4-5,8-11,13-14H2,(H2,34,44)(H,36,38)/t16-,18-,25-,32-/m0/s1. The average Bonchev–Trinajstić information content (AvgIpc) is 3.50. The van der Waals surface area contributed by atoms with Gasteiger partial charge in [0.05, 0.1) is 23.8 Å². The van der Waals surface area contributed by atoms with Crippen molar-refractivity contribution in [3.63, 3.8) is 0 Å². The second kappa shape index (κ2) is 11.4. The molecule has 0 radical (unpaired) electrons. The van der Waals surface area contributed by atoms with Gasteiger partial charge < -0.3 is 36.8 Å². The summed E-state index contributed by atoms with van der Waals surface area (Å²) >= 11 is 0. The number of nitrogens with two attached hydrogens (primary N) is 1. The van der Waals surface area contributed by atoms with Crippen LogP contribution in [-0.4, -0.2) is 80.0 Å². The molecule has 12 nitrogen and oxygen atoms in total. The number of nitrogens with zero attached hydrogens (tertiary/aromatic N) is 1. The lowest BCUT2D eigenvalue weighted by Gasteiger charge is -2.49. The number of primary amides is 1. The van der Waals surface area contributed by atoms with E-state index < -0.39 is 86.7 Å². The molecular weight excluding hydrogens is 587 g/mol. The minimum absolute atomic E-state index is 0.0200. The van der Waals surface area contributed by atoms with Crippen LogP contribution in [0.2, 0.25) is 0 Å². The number of halogens is 1. The lowest BCUT2D eigenvalue weighted by Crippen LogP contribution is -2.66. The van der Waals surface area contributed by atoms with E-state index >= 15 is 4.39 Å². The smallest absolute Gasteiger partial charge is 0.255 e. The highest BCUT2D eigenvalue weighted by Crippen LogP contribution is 2.53. The highest BCUT2D eigenvalue weighted by Gasteiger charge is 2.63. The topological polar surface area (TPSA) is 203 Å². The highest BCUT2D eigenvalue weighted by molar-refractivity contribution is 6.24. The fourth-order valence-electron chi connectivity index (χ4n) is 7.19. The van der Waals surface area contributed by atoms with Crippen LogP contribution in [0.4, 0.5) is 10.1 Å². The van der Waals surface area contributed by atoms with Crippen molar-refractivity contribution in [3.05, 3.63) is 75.8 Å². The van der Waals surface area contributed by atoms with Gasteiger partial charge in [0.25, 0.3) is 5.91 Å². The van der Waals surface area contributed by atoms with E-state index in [0.717, 1.165) is 37.6 Å². The maximum absolute atomic E-state index is 15.5. The zero-order chi connectivity index (χ0) is 32.2. The summed E-state index contributed by atoms with van der Waals surface area (Å²) in [5.41, 5.74) is 1.09. The van der Waals surface area contributed by atoms with Crippen LogP contribution in [-0.2, 0) is 32.1 Å². The number of Topliss-reactive ketones (excluding diaryl/α,β-unsaturated/α-hetero) is 2. The summed E-state index contributed by atoms with van der Waals surface area (Å²) in [5, 5.41) is 50.9. The molecule has 2 aromatic rings. The molecule has 1 saturated heterocycles. The Labute approximate surface area is 257 Å². The van der Waals surface area contributed by atoms with Gasteiger partial charge in [0.2, 0.25) is 11.7 Å². The predicted molar refractivity (Wildman–Crippen MR) is 158 cm³/mol. The second-order valence-electron chi connectivity index (χ2n) is 12.0. The Hall–Kier alpha value is -4.59. The van der Waals surface area contributed by atoms with Crippen molar-refractivity contribution in [2.75, 3.05) is 25.0 Å². The lowest BCUT2D eigenvalue weighted by atomic mass is 9.57. The summed E-state index contributed by atoms with van der Waals surface area (Å²) in [7, 11) is 0. The van der Waals surface area contributed by atoms with Crippen molar-refractivity contribution in [1.82, 2.24) is 10.2 Å². The number of hydrogen-bond acceptors (Lipinski definition) is 10. The van der Waals surface area contributed by atoms with E-state index in [1.54, 1.807) is 30.3 Å². The summed E-state index contributed by atoms with van der Waals surface area (Å²) in [6, 6.07) is 8.48. The fraction of sp³-hybridized carbons (Fsp3) is 0.375. The molecule has 0 unspecified atom stereocenters. The second-order valence-corrected chi connectivity index (χ2v) is 12.0. The molecule has 236 valence electrons. The number of phenols is 1. The van der Waals surface area contributed by atoms with Gasteiger partial charge in [-0.3, -0.25) is 24.1 Å². The molecule has 4 atom stereocenters. The van der Waals surface area contributed by atoms with Crippen molar-refractivity contribution >= 4 is 34.8 Å². The SMILES string of the molecule is NC(=O)C1=C(O)[C@@]2(O)C(=O)C3=C(O)c4c(O)c(NC(=O)CN5CCCC5)cc(F)c4C[C@H]3C[C@H]2[C@H](NCc2ccccc2)C1=O. The number of aromatic hydroxyl groups is 1. The van der Waals surface area contributed by atoms with Crippen LogP contribution in [0.3, 0.4) is 0 Å². The quantitative estimate of drug-likeness (QED) is 0.175. The Kier molecular flexibility index (Phi) is 7.71. The molecule has 0 bridgehead atoms. The van der Waals surface area contributed by atoms with Crippen molar-refractivity contribution in [1.29, 1.82) is 0 Å². The number of nitrogens with one attached hydrogen (secondary N) is 2.